The van der Waals surface area contributed by atoms with Gasteiger partial charge in [0.15, 0.2) is 0 Å². The minimum Gasteiger partial charge on any atom is -0.507 e. The zero-order valence-corrected chi connectivity index (χ0v) is 12.1. The maximum Gasteiger partial charge on any atom is 0.342 e. The van der Waals surface area contributed by atoms with Crippen molar-refractivity contribution in [1.82, 2.24) is 0 Å². The summed E-state index contributed by atoms with van der Waals surface area (Å²) in [5.41, 5.74) is 1.30. The van der Waals surface area contributed by atoms with Crippen molar-refractivity contribution < 1.29 is 19.4 Å². The predicted octanol–water partition coefficient (Wildman–Crippen LogP) is 2.81. The van der Waals surface area contributed by atoms with Crippen LogP contribution in [-0.4, -0.2) is 24.3 Å². The molecule has 0 saturated carbocycles. The molecule has 0 saturated heterocycles. The first kappa shape index (κ1) is 15.4. The molecule has 0 fully saturated rings. The molecule has 0 bridgehead atoms. The second-order valence-corrected chi connectivity index (χ2v) is 4.59. The molecule has 0 unspecified atom stereocenters. The number of nitrogens with zero attached hydrogens (tertiary/aromatic N) is 1. The molecule has 0 aliphatic carbocycles. The quantitative estimate of drug-likeness (QED) is 0.678. The number of hydrogen-bond acceptors (Lipinski definition) is 5. The van der Waals surface area contributed by atoms with Crippen LogP contribution in [0.15, 0.2) is 42.5 Å². The molecule has 2 rings (SSSR count). The highest BCUT2D eigenvalue weighted by Gasteiger charge is 2.13. The van der Waals surface area contributed by atoms with E-state index in [0.29, 0.717) is 16.9 Å². The lowest BCUT2D eigenvalue weighted by Gasteiger charge is -2.09. The maximum atomic E-state index is 11.8. The summed E-state index contributed by atoms with van der Waals surface area (Å²) in [5.74, 6) is -0.0707. The number of rotatable bonds is 5. The fourth-order valence-corrected chi connectivity index (χ4v) is 1.82. The van der Waals surface area contributed by atoms with Crippen molar-refractivity contribution in [3.63, 3.8) is 0 Å². The lowest BCUT2D eigenvalue weighted by Crippen LogP contribution is -2.12. The number of hydrogen-bond donors (Lipinski definition) is 1. The number of carbonyl (C=O) groups excluding carboxylic acids is 1. The molecule has 0 spiro atoms. The number of esters is 1. The highest BCUT2D eigenvalue weighted by Crippen LogP contribution is 2.22. The first-order valence-electron chi connectivity index (χ1n) is 6.70. The van der Waals surface area contributed by atoms with Gasteiger partial charge < -0.3 is 14.6 Å². The smallest absolute Gasteiger partial charge is 0.342 e. The van der Waals surface area contributed by atoms with Crippen LogP contribution in [0.1, 0.15) is 21.5 Å². The van der Waals surface area contributed by atoms with Crippen LogP contribution in [0.2, 0.25) is 0 Å². The Kier molecular flexibility index (Phi) is 4.99. The van der Waals surface area contributed by atoms with Gasteiger partial charge in [0.2, 0.25) is 0 Å². The van der Waals surface area contributed by atoms with Gasteiger partial charge in [-0.25, -0.2) is 4.79 Å². The van der Waals surface area contributed by atoms with E-state index in [4.69, 9.17) is 14.7 Å². The second kappa shape index (κ2) is 7.14. The Morgan fingerprint density at radius 2 is 1.91 bits per heavy atom. The molecule has 0 amide bonds. The van der Waals surface area contributed by atoms with Crippen LogP contribution in [0.4, 0.5) is 0 Å². The summed E-state index contributed by atoms with van der Waals surface area (Å²) in [7, 11) is 0. The Morgan fingerprint density at radius 1 is 1.18 bits per heavy atom. The summed E-state index contributed by atoms with van der Waals surface area (Å²) in [6, 6.07) is 13.5. The minimum atomic E-state index is -0.593. The van der Waals surface area contributed by atoms with Gasteiger partial charge in [0, 0.05) is 0 Å². The van der Waals surface area contributed by atoms with Gasteiger partial charge in [-0.15, -0.1) is 0 Å². The monoisotopic (exact) mass is 297 g/mol. The van der Waals surface area contributed by atoms with Crippen molar-refractivity contribution in [2.45, 2.75) is 6.92 Å². The molecule has 1 N–H and O–H groups in total. The van der Waals surface area contributed by atoms with Crippen LogP contribution < -0.4 is 4.74 Å². The fourth-order valence-electron chi connectivity index (χ4n) is 1.82. The lowest BCUT2D eigenvalue weighted by atomic mass is 10.1. The highest BCUT2D eigenvalue weighted by atomic mass is 16.6. The number of phenols is 1. The molecule has 5 nitrogen and oxygen atoms in total. The Balaban J connectivity index is 1.82. The molecule has 2 aromatic carbocycles. The normalized spacial score (nSPS) is 9.82. The van der Waals surface area contributed by atoms with Crippen LogP contribution in [0, 0.1) is 18.3 Å². The van der Waals surface area contributed by atoms with Crippen LogP contribution in [-0.2, 0) is 4.74 Å². The van der Waals surface area contributed by atoms with Crippen LogP contribution in [0.5, 0.6) is 11.5 Å². The number of nitriles is 1. The fraction of sp³-hybridized carbons (Fsp3) is 0.176. The Bertz CT molecular complexity index is 702. The molecule has 0 heterocycles. The van der Waals surface area contributed by atoms with E-state index in [1.807, 2.05) is 6.07 Å². The summed E-state index contributed by atoms with van der Waals surface area (Å²) >= 11 is 0. The van der Waals surface area contributed by atoms with Crippen LogP contribution in [0.25, 0.3) is 0 Å². The highest BCUT2D eigenvalue weighted by molar-refractivity contribution is 5.92. The number of para-hydroxylation sites is 1. The van der Waals surface area contributed by atoms with Gasteiger partial charge >= 0.3 is 5.97 Å². The number of carbonyl (C=O) groups is 1. The Morgan fingerprint density at radius 3 is 2.59 bits per heavy atom. The molecule has 0 aliphatic heterocycles. The molecule has 22 heavy (non-hydrogen) atoms. The van der Waals surface area contributed by atoms with E-state index in [9.17, 15) is 9.90 Å². The largest absolute Gasteiger partial charge is 0.507 e. The van der Waals surface area contributed by atoms with Crippen LogP contribution >= 0.6 is 0 Å². The first-order valence-corrected chi connectivity index (χ1v) is 6.70. The number of benzene rings is 2. The van der Waals surface area contributed by atoms with Gasteiger partial charge in [-0.2, -0.15) is 5.26 Å². The predicted molar refractivity (Wildman–Crippen MR) is 79.8 cm³/mol. The first-order chi connectivity index (χ1) is 10.6. The number of phenolic OH excluding ortho intramolecular Hbond substituents is 1. The number of ether oxygens (including phenoxy) is 2. The SMILES string of the molecule is Cc1cccc(C(=O)OCCOc2ccc(C#N)cc2)c1O. The van der Waals surface area contributed by atoms with Gasteiger partial charge in [-0.1, -0.05) is 12.1 Å². The van der Waals surface area contributed by atoms with Gasteiger partial charge in [0.25, 0.3) is 0 Å². The number of aryl methyl sites for hydroxylation is 1. The third-order valence-corrected chi connectivity index (χ3v) is 3.03. The summed E-state index contributed by atoms with van der Waals surface area (Å²) in [6.45, 7) is 1.95. The summed E-state index contributed by atoms with van der Waals surface area (Å²) in [6.07, 6.45) is 0. The molecule has 0 aliphatic rings. The zero-order chi connectivity index (χ0) is 15.9. The summed E-state index contributed by atoms with van der Waals surface area (Å²) in [5, 5.41) is 18.5. The van der Waals surface area contributed by atoms with Crippen molar-refractivity contribution >= 4 is 5.97 Å². The Hall–Kier alpha value is -3.00. The molecule has 5 heteroatoms. The third kappa shape index (κ3) is 3.76. The van der Waals surface area contributed by atoms with Gasteiger partial charge in [0.05, 0.1) is 11.6 Å². The van der Waals surface area contributed by atoms with Gasteiger partial charge in [-0.05, 0) is 42.8 Å². The molecule has 0 atom stereocenters. The average Bonchev–Trinajstić information content (AvgIpc) is 2.54. The van der Waals surface area contributed by atoms with E-state index >= 15 is 0 Å². The van der Waals surface area contributed by atoms with E-state index in [-0.39, 0.29) is 24.5 Å². The molecule has 2 aromatic rings. The van der Waals surface area contributed by atoms with Gasteiger partial charge in [-0.3, -0.25) is 0 Å². The van der Waals surface area contributed by atoms with E-state index in [2.05, 4.69) is 0 Å². The maximum absolute atomic E-state index is 11.8. The minimum absolute atomic E-state index is 0.0617. The van der Waals surface area contributed by atoms with E-state index in [0.717, 1.165) is 0 Å². The lowest BCUT2D eigenvalue weighted by molar-refractivity contribution is 0.0447. The van der Waals surface area contributed by atoms with Crippen molar-refractivity contribution in [2.24, 2.45) is 0 Å². The molecular formula is C17H15NO4. The summed E-state index contributed by atoms with van der Waals surface area (Å²) < 4.78 is 10.5. The molecule has 112 valence electrons. The van der Waals surface area contributed by atoms with Crippen molar-refractivity contribution in [1.29, 1.82) is 5.26 Å². The van der Waals surface area contributed by atoms with Crippen molar-refractivity contribution in [3.8, 4) is 17.6 Å². The van der Waals surface area contributed by atoms with Crippen molar-refractivity contribution in [3.05, 3.63) is 59.2 Å². The van der Waals surface area contributed by atoms with E-state index in [1.165, 1.54) is 6.07 Å². The van der Waals surface area contributed by atoms with E-state index in [1.54, 1.807) is 43.3 Å². The topological polar surface area (TPSA) is 79.5 Å². The second-order valence-electron chi connectivity index (χ2n) is 4.59. The van der Waals surface area contributed by atoms with Crippen molar-refractivity contribution in [2.75, 3.05) is 13.2 Å². The van der Waals surface area contributed by atoms with E-state index < -0.39 is 5.97 Å². The third-order valence-electron chi connectivity index (χ3n) is 3.03. The standard InChI is InChI=1S/C17H15NO4/c1-12-3-2-4-15(16(12)19)17(20)22-10-9-21-14-7-5-13(11-18)6-8-14/h2-8,19H,9-10H2,1H3. The summed E-state index contributed by atoms with van der Waals surface area (Å²) in [4.78, 5) is 11.8. The average molecular weight is 297 g/mol. The Labute approximate surface area is 128 Å². The molecule has 0 aromatic heterocycles. The molecular weight excluding hydrogens is 282 g/mol. The zero-order valence-electron chi connectivity index (χ0n) is 12.1. The number of aromatic hydroxyl groups is 1. The van der Waals surface area contributed by atoms with Crippen LogP contribution in [0.3, 0.4) is 0 Å². The van der Waals surface area contributed by atoms with Gasteiger partial charge in [0.1, 0.15) is 30.3 Å². The molecule has 0 radical (unpaired) electrons.